The van der Waals surface area contributed by atoms with Crippen molar-refractivity contribution in [3.63, 3.8) is 0 Å². The molecule has 2 aliphatic heterocycles. The molecule has 2 N–H and O–H groups in total. The quantitative estimate of drug-likeness (QED) is 0.799. The number of benzene rings is 1. The van der Waals surface area contributed by atoms with E-state index in [0.29, 0.717) is 12.1 Å². The van der Waals surface area contributed by atoms with Crippen LogP contribution in [0.15, 0.2) is 18.2 Å². The Kier molecular flexibility index (Phi) is 3.98. The second-order valence-electron chi connectivity index (χ2n) is 9.59. The van der Waals surface area contributed by atoms with Crippen LogP contribution in [0.5, 0.6) is 0 Å². The zero-order valence-corrected chi connectivity index (χ0v) is 16.8. The van der Waals surface area contributed by atoms with Crippen LogP contribution in [-0.4, -0.2) is 34.3 Å². The van der Waals surface area contributed by atoms with Gasteiger partial charge in [0.1, 0.15) is 5.82 Å². The number of rotatable bonds is 2. The Balaban J connectivity index is 1.39. The zero-order valence-electron chi connectivity index (χ0n) is 16.8. The third kappa shape index (κ3) is 2.93. The van der Waals surface area contributed by atoms with E-state index >= 15 is 0 Å². The average molecular weight is 367 g/mol. The van der Waals surface area contributed by atoms with Gasteiger partial charge < -0.3 is 19.6 Å². The topological polar surface area (TPSA) is 59.2 Å². The molecule has 3 heterocycles. The summed E-state index contributed by atoms with van der Waals surface area (Å²) in [4.78, 5) is 8.45. The molecule has 3 fully saturated rings. The van der Waals surface area contributed by atoms with E-state index in [-0.39, 0.29) is 18.3 Å². The van der Waals surface area contributed by atoms with Crippen molar-refractivity contribution in [2.75, 3.05) is 0 Å². The third-order valence-corrected chi connectivity index (χ3v) is 7.24. The van der Waals surface area contributed by atoms with Crippen molar-refractivity contribution < 1.29 is 9.31 Å². The number of nitrogens with one attached hydrogen (secondary N) is 2. The lowest BCUT2D eigenvalue weighted by Crippen LogP contribution is -2.41. The van der Waals surface area contributed by atoms with Crippen LogP contribution in [0.1, 0.15) is 71.7 Å². The molecule has 0 amide bonds. The number of aromatic nitrogens is 2. The second kappa shape index (κ2) is 6.06. The molecule has 0 spiro atoms. The minimum atomic E-state index is -0.335. The molecule has 3 aliphatic rings. The molecule has 5 rings (SSSR count). The van der Waals surface area contributed by atoms with Gasteiger partial charge in [-0.2, -0.15) is 0 Å². The van der Waals surface area contributed by atoms with Crippen LogP contribution in [0.4, 0.5) is 0 Å². The third-order valence-electron chi connectivity index (χ3n) is 7.24. The molecule has 0 bridgehead atoms. The summed E-state index contributed by atoms with van der Waals surface area (Å²) in [7, 11) is -0.335. The maximum absolute atomic E-state index is 6.20. The summed E-state index contributed by atoms with van der Waals surface area (Å²) in [5.74, 6) is 1.89. The Morgan fingerprint density at radius 1 is 1.07 bits per heavy atom. The SMILES string of the molecule is CC1(C)OB(c2ccc3nc([C@@H]4C[C@@H]5CCCC[C@@H]5N4)[nH]c3c2)OC1(C)C. The molecule has 0 radical (unpaired) electrons. The van der Waals surface area contributed by atoms with Gasteiger partial charge in [-0.05, 0) is 70.5 Å². The van der Waals surface area contributed by atoms with Gasteiger partial charge in [0.15, 0.2) is 0 Å². The van der Waals surface area contributed by atoms with Gasteiger partial charge in [0.05, 0.1) is 28.3 Å². The maximum Gasteiger partial charge on any atom is 0.494 e. The minimum absolute atomic E-state index is 0.324. The van der Waals surface area contributed by atoms with Gasteiger partial charge in [-0.15, -0.1) is 0 Å². The molecule has 27 heavy (non-hydrogen) atoms. The molecule has 144 valence electrons. The number of aromatic amines is 1. The first kappa shape index (κ1) is 17.7. The molecule has 1 saturated carbocycles. The number of hydrogen-bond donors (Lipinski definition) is 2. The monoisotopic (exact) mass is 367 g/mol. The van der Waals surface area contributed by atoms with E-state index in [9.17, 15) is 0 Å². The molecule has 1 aromatic heterocycles. The predicted molar refractivity (Wildman–Crippen MR) is 108 cm³/mol. The van der Waals surface area contributed by atoms with Crippen LogP contribution in [0.3, 0.4) is 0 Å². The van der Waals surface area contributed by atoms with E-state index in [0.717, 1.165) is 28.2 Å². The van der Waals surface area contributed by atoms with Crippen molar-refractivity contribution >= 4 is 23.6 Å². The molecular formula is C21H30BN3O2. The molecule has 1 aromatic carbocycles. The lowest BCUT2D eigenvalue weighted by molar-refractivity contribution is 0.00578. The first-order valence-electron chi connectivity index (χ1n) is 10.4. The van der Waals surface area contributed by atoms with Crippen molar-refractivity contribution in [2.45, 2.75) is 83.1 Å². The van der Waals surface area contributed by atoms with E-state index in [1.807, 2.05) is 0 Å². The van der Waals surface area contributed by atoms with Gasteiger partial charge in [0, 0.05) is 6.04 Å². The van der Waals surface area contributed by atoms with E-state index in [1.165, 1.54) is 32.1 Å². The summed E-state index contributed by atoms with van der Waals surface area (Å²) in [6.07, 6.45) is 6.62. The summed E-state index contributed by atoms with van der Waals surface area (Å²) in [5, 5.41) is 3.82. The summed E-state index contributed by atoms with van der Waals surface area (Å²) in [6.45, 7) is 8.35. The maximum atomic E-state index is 6.20. The van der Waals surface area contributed by atoms with Gasteiger partial charge >= 0.3 is 7.12 Å². The highest BCUT2D eigenvalue weighted by atomic mass is 16.7. The average Bonchev–Trinajstić information content (AvgIpc) is 3.28. The lowest BCUT2D eigenvalue weighted by atomic mass is 9.79. The Morgan fingerprint density at radius 2 is 1.81 bits per heavy atom. The highest BCUT2D eigenvalue weighted by Crippen LogP contribution is 2.39. The molecule has 5 nitrogen and oxygen atoms in total. The number of H-pyrrole nitrogens is 1. The fourth-order valence-electron chi connectivity index (χ4n) is 4.87. The number of imidazole rings is 1. The number of hydrogen-bond acceptors (Lipinski definition) is 4. The van der Waals surface area contributed by atoms with Gasteiger partial charge in [0.25, 0.3) is 0 Å². The van der Waals surface area contributed by atoms with Crippen molar-refractivity contribution in [1.82, 2.24) is 15.3 Å². The fourth-order valence-corrected chi connectivity index (χ4v) is 4.87. The highest BCUT2D eigenvalue weighted by Gasteiger charge is 2.51. The standard InChI is InChI=1S/C21H30BN3O2/c1-20(2)21(3,4)27-22(26-20)14-9-10-16-17(12-14)25-19(24-16)18-11-13-7-5-6-8-15(13)23-18/h9-10,12-13,15,18,23H,5-8,11H2,1-4H3,(H,24,25)/t13-,15-,18-/m0/s1. The lowest BCUT2D eigenvalue weighted by Gasteiger charge is -2.32. The second-order valence-corrected chi connectivity index (χ2v) is 9.59. The van der Waals surface area contributed by atoms with E-state index in [2.05, 4.69) is 56.2 Å². The van der Waals surface area contributed by atoms with E-state index in [1.54, 1.807) is 0 Å². The van der Waals surface area contributed by atoms with Crippen LogP contribution in [0.25, 0.3) is 11.0 Å². The largest absolute Gasteiger partial charge is 0.494 e. The van der Waals surface area contributed by atoms with Crippen LogP contribution in [0, 0.1) is 5.92 Å². The normalized spacial score (nSPS) is 32.1. The van der Waals surface area contributed by atoms with Crippen LogP contribution < -0.4 is 10.8 Å². The van der Waals surface area contributed by atoms with Crippen molar-refractivity contribution in [3.8, 4) is 0 Å². The molecular weight excluding hydrogens is 337 g/mol. The van der Waals surface area contributed by atoms with Gasteiger partial charge in [-0.1, -0.05) is 18.9 Å². The van der Waals surface area contributed by atoms with Gasteiger partial charge in [-0.3, -0.25) is 0 Å². The van der Waals surface area contributed by atoms with Crippen LogP contribution >= 0.6 is 0 Å². The molecule has 1 aliphatic carbocycles. The molecule has 2 saturated heterocycles. The minimum Gasteiger partial charge on any atom is -0.399 e. The molecule has 3 atom stereocenters. The summed E-state index contributed by atoms with van der Waals surface area (Å²) in [6, 6.07) is 7.33. The molecule has 2 aromatic rings. The van der Waals surface area contributed by atoms with Crippen molar-refractivity contribution in [2.24, 2.45) is 5.92 Å². The van der Waals surface area contributed by atoms with Crippen LogP contribution in [0.2, 0.25) is 0 Å². The van der Waals surface area contributed by atoms with E-state index in [4.69, 9.17) is 14.3 Å². The first-order valence-corrected chi connectivity index (χ1v) is 10.4. The Morgan fingerprint density at radius 3 is 2.56 bits per heavy atom. The zero-order chi connectivity index (χ0) is 18.8. The smallest absolute Gasteiger partial charge is 0.399 e. The fraction of sp³-hybridized carbons (Fsp3) is 0.667. The molecule has 6 heteroatoms. The molecule has 0 unspecified atom stereocenters. The van der Waals surface area contributed by atoms with Crippen molar-refractivity contribution in [1.29, 1.82) is 0 Å². The Labute approximate surface area is 161 Å². The van der Waals surface area contributed by atoms with Gasteiger partial charge in [0.2, 0.25) is 0 Å². The summed E-state index contributed by atoms with van der Waals surface area (Å²) in [5.41, 5.74) is 2.48. The van der Waals surface area contributed by atoms with Crippen LogP contribution in [-0.2, 0) is 9.31 Å². The Bertz CT molecular complexity index is 832. The number of nitrogens with zero attached hydrogens (tertiary/aromatic N) is 1. The van der Waals surface area contributed by atoms with Gasteiger partial charge in [-0.25, -0.2) is 4.98 Å². The summed E-state index contributed by atoms with van der Waals surface area (Å²) < 4.78 is 12.4. The summed E-state index contributed by atoms with van der Waals surface area (Å²) >= 11 is 0. The Hall–Kier alpha value is -1.37. The predicted octanol–water partition coefficient (Wildman–Crippen LogP) is 3.46. The van der Waals surface area contributed by atoms with Crippen molar-refractivity contribution in [3.05, 3.63) is 24.0 Å². The highest BCUT2D eigenvalue weighted by molar-refractivity contribution is 6.62. The number of fused-ring (bicyclic) bond motifs is 2. The first-order chi connectivity index (χ1) is 12.8. The van der Waals surface area contributed by atoms with E-state index < -0.39 is 0 Å².